The molecule has 1 N–H and O–H groups in total. The van der Waals surface area contributed by atoms with Crippen LogP contribution in [0.25, 0.3) is 0 Å². The lowest BCUT2D eigenvalue weighted by Crippen LogP contribution is -2.50. The van der Waals surface area contributed by atoms with Crippen molar-refractivity contribution in [3.8, 4) is 0 Å². The van der Waals surface area contributed by atoms with Crippen LogP contribution < -0.4 is 5.32 Å². The maximum Gasteiger partial charge on any atom is 0.389 e. The molecule has 2 bridgehead atoms. The molecule has 1 nitrogen and oxygen atoms in total. The lowest BCUT2D eigenvalue weighted by atomic mass is 9.68. The summed E-state index contributed by atoms with van der Waals surface area (Å²) in [7, 11) is 0. The van der Waals surface area contributed by atoms with Crippen molar-refractivity contribution in [2.75, 3.05) is 6.54 Å². The highest BCUT2D eigenvalue weighted by molar-refractivity contribution is 5.11. The van der Waals surface area contributed by atoms with E-state index in [9.17, 15) is 13.2 Å². The monoisotopic (exact) mass is 263 g/mol. The van der Waals surface area contributed by atoms with E-state index < -0.39 is 12.6 Å². The van der Waals surface area contributed by atoms with Gasteiger partial charge in [-0.3, -0.25) is 0 Å². The largest absolute Gasteiger partial charge is 0.389 e. The lowest BCUT2D eigenvalue weighted by molar-refractivity contribution is -0.135. The van der Waals surface area contributed by atoms with Crippen LogP contribution in [0.3, 0.4) is 0 Å². The fraction of sp³-hybridized carbons (Fsp3) is 1.00. The van der Waals surface area contributed by atoms with Gasteiger partial charge < -0.3 is 5.32 Å². The van der Waals surface area contributed by atoms with E-state index in [1.165, 1.54) is 19.3 Å². The maximum atomic E-state index is 12.1. The zero-order chi connectivity index (χ0) is 13.6. The van der Waals surface area contributed by atoms with Crippen LogP contribution in [0.5, 0.6) is 0 Å². The summed E-state index contributed by atoms with van der Waals surface area (Å²) in [5.41, 5.74) is 0.525. The van der Waals surface area contributed by atoms with E-state index in [1.54, 1.807) is 0 Å². The van der Waals surface area contributed by atoms with Gasteiger partial charge >= 0.3 is 6.18 Å². The van der Waals surface area contributed by atoms with E-state index in [4.69, 9.17) is 0 Å². The number of hydrogen-bond acceptors (Lipinski definition) is 1. The Morgan fingerprint density at radius 3 is 2.39 bits per heavy atom. The number of hydrogen-bond donors (Lipinski definition) is 1. The number of fused-ring (bicyclic) bond motifs is 2. The van der Waals surface area contributed by atoms with Gasteiger partial charge in [-0.25, -0.2) is 0 Å². The van der Waals surface area contributed by atoms with Crippen molar-refractivity contribution in [1.82, 2.24) is 5.32 Å². The van der Waals surface area contributed by atoms with Crippen LogP contribution in [0, 0.1) is 16.7 Å². The fourth-order valence-corrected chi connectivity index (χ4v) is 4.35. The van der Waals surface area contributed by atoms with Crippen LogP contribution >= 0.6 is 0 Å². The van der Waals surface area contributed by atoms with Crippen LogP contribution in [0.15, 0.2) is 0 Å². The minimum absolute atomic E-state index is 0.191. The van der Waals surface area contributed by atoms with Crippen molar-refractivity contribution < 1.29 is 13.2 Å². The molecule has 106 valence electrons. The molecule has 0 heterocycles. The van der Waals surface area contributed by atoms with Gasteiger partial charge in [0.2, 0.25) is 0 Å². The van der Waals surface area contributed by atoms with E-state index in [-0.39, 0.29) is 11.8 Å². The lowest BCUT2D eigenvalue weighted by Gasteiger charge is -2.43. The Bertz CT molecular complexity index is 306. The predicted molar refractivity (Wildman–Crippen MR) is 66.3 cm³/mol. The van der Waals surface area contributed by atoms with Crippen LogP contribution in [-0.4, -0.2) is 18.8 Å². The van der Waals surface area contributed by atoms with Gasteiger partial charge in [0.1, 0.15) is 0 Å². The summed E-state index contributed by atoms with van der Waals surface area (Å²) in [6.07, 6.45) is -0.765. The van der Waals surface area contributed by atoms with Crippen molar-refractivity contribution in [2.45, 2.75) is 65.1 Å². The molecule has 2 fully saturated rings. The van der Waals surface area contributed by atoms with E-state index in [2.05, 4.69) is 26.1 Å². The zero-order valence-electron chi connectivity index (χ0n) is 11.5. The van der Waals surface area contributed by atoms with Crippen LogP contribution in [0.4, 0.5) is 13.2 Å². The van der Waals surface area contributed by atoms with E-state index in [1.807, 2.05) is 0 Å². The molecule has 0 saturated heterocycles. The Labute approximate surface area is 108 Å². The molecule has 2 aliphatic rings. The number of halogens is 3. The summed E-state index contributed by atoms with van der Waals surface area (Å²) in [5.74, 6) is 0.739. The second kappa shape index (κ2) is 4.39. The molecular formula is C14H24F3N. The van der Waals surface area contributed by atoms with Crippen molar-refractivity contribution in [2.24, 2.45) is 16.7 Å². The summed E-state index contributed by atoms with van der Waals surface area (Å²) in [5, 5.41) is 3.42. The Morgan fingerprint density at radius 2 is 1.89 bits per heavy atom. The van der Waals surface area contributed by atoms with Crippen LogP contribution in [0.2, 0.25) is 0 Å². The van der Waals surface area contributed by atoms with Gasteiger partial charge in [0.05, 0.1) is 0 Å². The third-order valence-electron chi connectivity index (χ3n) is 5.26. The van der Waals surface area contributed by atoms with Gasteiger partial charge in [-0.1, -0.05) is 20.8 Å². The summed E-state index contributed by atoms with van der Waals surface area (Å²) >= 11 is 0. The highest BCUT2D eigenvalue weighted by Crippen LogP contribution is 2.62. The average molecular weight is 263 g/mol. The third kappa shape index (κ3) is 2.54. The van der Waals surface area contributed by atoms with Gasteiger partial charge in [-0.15, -0.1) is 0 Å². The number of rotatable bonds is 4. The van der Waals surface area contributed by atoms with Gasteiger partial charge in [-0.2, -0.15) is 13.2 Å². The van der Waals surface area contributed by atoms with E-state index in [0.717, 1.165) is 5.92 Å². The minimum atomic E-state index is -4.02. The highest BCUT2D eigenvalue weighted by Gasteiger charge is 2.58. The van der Waals surface area contributed by atoms with Crippen LogP contribution in [0.1, 0.15) is 52.9 Å². The summed E-state index contributed by atoms with van der Waals surface area (Å²) in [6.45, 7) is 7.31. The second-order valence-corrected chi connectivity index (χ2v) is 7.02. The van der Waals surface area contributed by atoms with E-state index >= 15 is 0 Å². The highest BCUT2D eigenvalue weighted by atomic mass is 19.4. The molecule has 3 atom stereocenters. The molecule has 0 radical (unpaired) electrons. The van der Waals surface area contributed by atoms with Gasteiger partial charge in [0.15, 0.2) is 0 Å². The molecule has 2 saturated carbocycles. The Kier molecular flexibility index (Phi) is 3.46. The number of nitrogens with one attached hydrogen (secondary N) is 1. The molecule has 18 heavy (non-hydrogen) atoms. The topological polar surface area (TPSA) is 12.0 Å². The molecular weight excluding hydrogens is 239 g/mol. The first-order valence-corrected chi connectivity index (χ1v) is 6.95. The standard InChI is InChI=1S/C14H24F3N/c1-12(2)10-5-7-13(3,9-10)11(12)18-8-4-6-14(15,16)17/h10-11,18H,4-9H2,1-3H3. The zero-order valence-corrected chi connectivity index (χ0v) is 11.5. The van der Waals surface area contributed by atoms with Gasteiger partial charge in [0, 0.05) is 12.5 Å². The van der Waals surface area contributed by atoms with Crippen molar-refractivity contribution in [1.29, 1.82) is 0 Å². The molecule has 0 aromatic heterocycles. The molecule has 3 unspecified atom stereocenters. The molecule has 0 aliphatic heterocycles. The number of alkyl halides is 3. The van der Waals surface area contributed by atoms with Gasteiger partial charge in [0.25, 0.3) is 0 Å². The molecule has 0 aromatic carbocycles. The second-order valence-electron chi connectivity index (χ2n) is 7.02. The van der Waals surface area contributed by atoms with Crippen molar-refractivity contribution >= 4 is 0 Å². The smallest absolute Gasteiger partial charge is 0.313 e. The first-order chi connectivity index (χ1) is 8.15. The SMILES string of the molecule is CC12CCC(C1)C(C)(C)C2NCCCC(F)(F)F. The first-order valence-electron chi connectivity index (χ1n) is 6.95. The van der Waals surface area contributed by atoms with E-state index in [0.29, 0.717) is 18.0 Å². The summed E-state index contributed by atoms with van der Waals surface area (Å²) in [4.78, 5) is 0. The van der Waals surface area contributed by atoms with Crippen LogP contribution in [-0.2, 0) is 0 Å². The minimum Gasteiger partial charge on any atom is -0.313 e. The fourth-order valence-electron chi connectivity index (χ4n) is 4.35. The Balaban J connectivity index is 1.86. The summed E-state index contributed by atoms with van der Waals surface area (Å²) in [6, 6.07) is 0.372. The predicted octanol–water partition coefficient (Wildman–Crippen LogP) is 4.13. The Morgan fingerprint density at radius 1 is 1.22 bits per heavy atom. The summed E-state index contributed by atoms with van der Waals surface area (Å²) < 4.78 is 36.3. The molecule has 2 rings (SSSR count). The molecule has 0 spiro atoms. The Hall–Kier alpha value is -0.250. The average Bonchev–Trinajstić information content (AvgIpc) is 2.66. The molecule has 0 aromatic rings. The first kappa shape index (κ1) is 14.2. The third-order valence-corrected chi connectivity index (χ3v) is 5.26. The van der Waals surface area contributed by atoms with Crippen molar-refractivity contribution in [3.05, 3.63) is 0 Å². The van der Waals surface area contributed by atoms with Gasteiger partial charge in [-0.05, 0) is 49.0 Å². The normalized spacial score (nSPS) is 38.3. The maximum absolute atomic E-state index is 12.1. The molecule has 4 heteroatoms. The molecule has 2 aliphatic carbocycles. The quantitative estimate of drug-likeness (QED) is 0.752. The molecule has 0 amide bonds. The van der Waals surface area contributed by atoms with Crippen molar-refractivity contribution in [3.63, 3.8) is 0 Å².